The molecule has 0 radical (unpaired) electrons. The minimum atomic E-state index is -1.08. The first-order valence-corrected chi connectivity index (χ1v) is 5.99. The number of morpholine rings is 1. The van der Waals surface area contributed by atoms with Crippen LogP contribution in [-0.4, -0.2) is 52.5 Å². The average molecular weight is 259 g/mol. The van der Waals surface area contributed by atoms with Crippen LogP contribution in [0.2, 0.25) is 0 Å². The van der Waals surface area contributed by atoms with Gasteiger partial charge in [-0.1, -0.05) is 0 Å². The molecule has 1 aliphatic heterocycles. The molecule has 0 aromatic rings. The summed E-state index contributed by atoms with van der Waals surface area (Å²) in [6.07, 6.45) is -1.38. The molecule has 1 aliphatic rings. The van der Waals surface area contributed by atoms with Crippen LogP contribution in [0, 0.1) is 0 Å². The maximum atomic E-state index is 12.0. The van der Waals surface area contributed by atoms with Gasteiger partial charge in [0.2, 0.25) is 0 Å². The molecule has 1 amide bonds. The normalized spacial score (nSPS) is 28.9. The lowest BCUT2D eigenvalue weighted by Crippen LogP contribution is -2.59. The molecule has 1 rings (SSSR count). The predicted molar refractivity (Wildman–Crippen MR) is 64.4 cm³/mol. The fourth-order valence-corrected chi connectivity index (χ4v) is 1.97. The molecule has 6 heteroatoms. The van der Waals surface area contributed by atoms with Crippen LogP contribution >= 0.6 is 0 Å². The van der Waals surface area contributed by atoms with Crippen molar-refractivity contribution >= 4 is 12.1 Å². The average Bonchev–Trinajstić information content (AvgIpc) is 2.12. The van der Waals surface area contributed by atoms with Crippen molar-refractivity contribution in [3.05, 3.63) is 0 Å². The summed E-state index contributed by atoms with van der Waals surface area (Å²) in [5.74, 6) is -1.08. The van der Waals surface area contributed by atoms with Crippen molar-refractivity contribution in [3.8, 4) is 0 Å². The SMILES string of the molecule is CC1CN(C(=O)OC(C)(C)C)C(C(=O)O)C(C)O1. The molecule has 3 unspecified atom stereocenters. The summed E-state index contributed by atoms with van der Waals surface area (Å²) in [6.45, 7) is 8.89. The Balaban J connectivity index is 2.87. The molecule has 0 spiro atoms. The molecule has 18 heavy (non-hydrogen) atoms. The Hall–Kier alpha value is -1.30. The van der Waals surface area contributed by atoms with E-state index in [9.17, 15) is 14.7 Å². The first kappa shape index (κ1) is 14.8. The second-order valence-corrected chi connectivity index (χ2v) is 5.57. The fourth-order valence-electron chi connectivity index (χ4n) is 1.97. The van der Waals surface area contributed by atoms with E-state index in [1.165, 1.54) is 4.90 Å². The van der Waals surface area contributed by atoms with Crippen LogP contribution in [-0.2, 0) is 14.3 Å². The van der Waals surface area contributed by atoms with E-state index >= 15 is 0 Å². The minimum Gasteiger partial charge on any atom is -0.480 e. The van der Waals surface area contributed by atoms with Gasteiger partial charge in [0.15, 0.2) is 6.04 Å². The number of carbonyl (C=O) groups excluding carboxylic acids is 1. The molecule has 6 nitrogen and oxygen atoms in total. The highest BCUT2D eigenvalue weighted by molar-refractivity contribution is 5.81. The zero-order valence-electron chi connectivity index (χ0n) is 11.5. The maximum Gasteiger partial charge on any atom is 0.411 e. The number of carboxylic acid groups (broad SMARTS) is 1. The molecule has 1 heterocycles. The molecular weight excluding hydrogens is 238 g/mol. The van der Waals surface area contributed by atoms with E-state index in [-0.39, 0.29) is 12.6 Å². The number of amides is 1. The quantitative estimate of drug-likeness (QED) is 0.772. The monoisotopic (exact) mass is 259 g/mol. The summed E-state index contributed by atoms with van der Waals surface area (Å²) in [7, 11) is 0. The van der Waals surface area contributed by atoms with Gasteiger partial charge in [-0.3, -0.25) is 4.90 Å². The Labute approximate surface area is 107 Å². The lowest BCUT2D eigenvalue weighted by atomic mass is 10.1. The van der Waals surface area contributed by atoms with Crippen LogP contribution in [0.1, 0.15) is 34.6 Å². The Kier molecular flexibility index (Phi) is 4.21. The number of hydrogen-bond donors (Lipinski definition) is 1. The van der Waals surface area contributed by atoms with Gasteiger partial charge in [0.25, 0.3) is 0 Å². The largest absolute Gasteiger partial charge is 0.480 e. The van der Waals surface area contributed by atoms with E-state index in [2.05, 4.69) is 0 Å². The van der Waals surface area contributed by atoms with E-state index in [4.69, 9.17) is 9.47 Å². The highest BCUT2D eigenvalue weighted by Gasteiger charge is 2.42. The molecule has 1 N–H and O–H groups in total. The van der Waals surface area contributed by atoms with Crippen LogP contribution in [0.4, 0.5) is 4.79 Å². The smallest absolute Gasteiger partial charge is 0.411 e. The van der Waals surface area contributed by atoms with Gasteiger partial charge in [-0.05, 0) is 34.6 Å². The molecule has 0 aromatic carbocycles. The van der Waals surface area contributed by atoms with Crippen molar-refractivity contribution < 1.29 is 24.2 Å². The van der Waals surface area contributed by atoms with Crippen LogP contribution in [0.5, 0.6) is 0 Å². The number of rotatable bonds is 1. The Morgan fingerprint density at radius 2 is 1.89 bits per heavy atom. The highest BCUT2D eigenvalue weighted by Crippen LogP contribution is 2.21. The second kappa shape index (κ2) is 5.14. The lowest BCUT2D eigenvalue weighted by Gasteiger charge is -2.40. The first-order chi connectivity index (χ1) is 8.11. The Bertz CT molecular complexity index is 336. The molecule has 1 saturated heterocycles. The van der Waals surface area contributed by atoms with E-state index < -0.39 is 29.8 Å². The molecule has 0 bridgehead atoms. The van der Waals surface area contributed by atoms with Gasteiger partial charge in [-0.25, -0.2) is 9.59 Å². The molecule has 0 aromatic heterocycles. The standard InChI is InChI=1S/C12H21NO5/c1-7-6-13(11(16)18-12(3,4)5)9(10(14)15)8(2)17-7/h7-9H,6H2,1-5H3,(H,14,15). The summed E-state index contributed by atoms with van der Waals surface area (Å²) < 4.78 is 10.7. The van der Waals surface area contributed by atoms with Crippen LogP contribution in [0.25, 0.3) is 0 Å². The molecule has 0 saturated carbocycles. The van der Waals surface area contributed by atoms with Gasteiger partial charge in [0.05, 0.1) is 18.8 Å². The highest BCUT2D eigenvalue weighted by atomic mass is 16.6. The van der Waals surface area contributed by atoms with Gasteiger partial charge in [0.1, 0.15) is 5.60 Å². The number of carbonyl (C=O) groups is 2. The summed E-state index contributed by atoms with van der Waals surface area (Å²) >= 11 is 0. The molecule has 3 atom stereocenters. The number of carboxylic acids is 1. The van der Waals surface area contributed by atoms with Crippen molar-refractivity contribution in [2.24, 2.45) is 0 Å². The number of ether oxygens (including phenoxy) is 2. The minimum absolute atomic E-state index is 0.205. The molecular formula is C12H21NO5. The summed E-state index contributed by atoms with van der Waals surface area (Å²) in [4.78, 5) is 24.5. The van der Waals surface area contributed by atoms with Crippen molar-refractivity contribution in [2.45, 2.75) is 58.5 Å². The van der Waals surface area contributed by atoms with Gasteiger partial charge < -0.3 is 14.6 Å². The van der Waals surface area contributed by atoms with E-state index in [0.29, 0.717) is 0 Å². The zero-order chi connectivity index (χ0) is 14.1. The summed E-state index contributed by atoms with van der Waals surface area (Å²) in [5.41, 5.74) is -0.648. The number of hydrogen-bond acceptors (Lipinski definition) is 4. The first-order valence-electron chi connectivity index (χ1n) is 5.99. The third-order valence-corrected chi connectivity index (χ3v) is 2.56. The van der Waals surface area contributed by atoms with Crippen molar-refractivity contribution in [3.63, 3.8) is 0 Å². The zero-order valence-corrected chi connectivity index (χ0v) is 11.5. The Morgan fingerprint density at radius 1 is 1.33 bits per heavy atom. The van der Waals surface area contributed by atoms with Crippen LogP contribution in [0.15, 0.2) is 0 Å². The topological polar surface area (TPSA) is 76.1 Å². The Morgan fingerprint density at radius 3 is 2.33 bits per heavy atom. The molecule has 1 fully saturated rings. The molecule has 104 valence electrons. The van der Waals surface area contributed by atoms with Crippen LogP contribution in [0.3, 0.4) is 0 Å². The van der Waals surface area contributed by atoms with Gasteiger partial charge in [-0.15, -0.1) is 0 Å². The van der Waals surface area contributed by atoms with Gasteiger partial charge in [0, 0.05) is 0 Å². The van der Waals surface area contributed by atoms with Crippen molar-refractivity contribution in [2.75, 3.05) is 6.54 Å². The third kappa shape index (κ3) is 3.60. The lowest BCUT2D eigenvalue weighted by molar-refractivity contribution is -0.161. The fraction of sp³-hybridized carbons (Fsp3) is 0.833. The van der Waals surface area contributed by atoms with Crippen molar-refractivity contribution in [1.29, 1.82) is 0 Å². The predicted octanol–water partition coefficient (Wildman–Crippen LogP) is 1.48. The second-order valence-electron chi connectivity index (χ2n) is 5.57. The molecule has 0 aliphatic carbocycles. The number of nitrogens with zero attached hydrogens (tertiary/aromatic N) is 1. The maximum absolute atomic E-state index is 12.0. The van der Waals surface area contributed by atoms with E-state index in [1.807, 2.05) is 0 Å². The van der Waals surface area contributed by atoms with E-state index in [0.717, 1.165) is 0 Å². The summed E-state index contributed by atoms with van der Waals surface area (Å²) in [5, 5.41) is 9.18. The summed E-state index contributed by atoms with van der Waals surface area (Å²) in [6, 6.07) is -1.00. The van der Waals surface area contributed by atoms with Crippen LogP contribution < -0.4 is 0 Å². The van der Waals surface area contributed by atoms with Gasteiger partial charge >= 0.3 is 12.1 Å². The van der Waals surface area contributed by atoms with Crippen molar-refractivity contribution in [1.82, 2.24) is 4.90 Å². The van der Waals surface area contributed by atoms with Gasteiger partial charge in [-0.2, -0.15) is 0 Å². The van der Waals surface area contributed by atoms with E-state index in [1.54, 1.807) is 34.6 Å². The third-order valence-electron chi connectivity index (χ3n) is 2.56. The number of aliphatic carboxylic acids is 1.